The summed E-state index contributed by atoms with van der Waals surface area (Å²) in [5.41, 5.74) is 0.687. The molecule has 0 saturated heterocycles. The number of amides is 1. The second-order valence-electron chi connectivity index (χ2n) is 6.27. The molecule has 1 aromatic heterocycles. The number of hydrogen-bond acceptors (Lipinski definition) is 3. The van der Waals surface area contributed by atoms with Crippen LogP contribution in [-0.2, 0) is 12.7 Å². The van der Waals surface area contributed by atoms with Crippen LogP contribution in [0.2, 0.25) is 0 Å². The van der Waals surface area contributed by atoms with E-state index in [4.69, 9.17) is 0 Å². The number of rotatable bonds is 6. The molecule has 1 atom stereocenters. The Balaban J connectivity index is 2.03. The molecule has 2 N–H and O–H groups in total. The number of aliphatic hydroxyl groups is 1. The van der Waals surface area contributed by atoms with E-state index in [1.165, 1.54) is 12.1 Å². The fourth-order valence-corrected chi connectivity index (χ4v) is 2.43. The van der Waals surface area contributed by atoms with Crippen LogP contribution in [0.5, 0.6) is 0 Å². The molecule has 1 aromatic carbocycles. The van der Waals surface area contributed by atoms with E-state index in [1.54, 1.807) is 10.7 Å². The number of aryl methyl sites for hydroxylation is 1. The molecule has 142 valence electrons. The summed E-state index contributed by atoms with van der Waals surface area (Å²) in [4.78, 5) is 12.3. The van der Waals surface area contributed by atoms with E-state index in [9.17, 15) is 23.1 Å². The van der Waals surface area contributed by atoms with Gasteiger partial charge in [-0.2, -0.15) is 18.3 Å². The molecule has 1 amide bonds. The molecule has 8 heteroatoms. The Morgan fingerprint density at radius 1 is 1.27 bits per heavy atom. The highest BCUT2D eigenvalue weighted by Gasteiger charge is 2.30. The van der Waals surface area contributed by atoms with Crippen LogP contribution in [0.1, 0.15) is 60.1 Å². The summed E-state index contributed by atoms with van der Waals surface area (Å²) < 4.78 is 39.3. The molecule has 2 aromatic rings. The largest absolute Gasteiger partial charge is 0.416 e. The highest BCUT2D eigenvalue weighted by atomic mass is 19.4. The Bertz CT molecular complexity index is 752. The van der Waals surface area contributed by atoms with Crippen LogP contribution >= 0.6 is 0 Å². The molecule has 0 fully saturated rings. The van der Waals surface area contributed by atoms with E-state index in [1.807, 2.05) is 20.8 Å². The first-order valence-electron chi connectivity index (χ1n) is 8.34. The monoisotopic (exact) mass is 369 g/mol. The molecule has 26 heavy (non-hydrogen) atoms. The maximum Gasteiger partial charge on any atom is 0.416 e. The van der Waals surface area contributed by atoms with Crippen molar-refractivity contribution in [3.8, 4) is 0 Å². The van der Waals surface area contributed by atoms with Crippen molar-refractivity contribution < 1.29 is 23.1 Å². The molecule has 0 aliphatic carbocycles. The predicted octanol–water partition coefficient (Wildman–Crippen LogP) is 3.51. The van der Waals surface area contributed by atoms with Gasteiger partial charge in [-0.05, 0) is 36.6 Å². The van der Waals surface area contributed by atoms with Gasteiger partial charge in [0.25, 0.3) is 5.91 Å². The zero-order valence-electron chi connectivity index (χ0n) is 14.8. The number of benzene rings is 1. The van der Waals surface area contributed by atoms with Crippen LogP contribution in [0.15, 0.2) is 30.3 Å². The number of nitrogens with zero attached hydrogens (tertiary/aromatic N) is 2. The van der Waals surface area contributed by atoms with Crippen molar-refractivity contribution in [2.75, 3.05) is 6.54 Å². The van der Waals surface area contributed by atoms with Gasteiger partial charge in [-0.15, -0.1) is 0 Å². The van der Waals surface area contributed by atoms with Crippen molar-refractivity contribution in [3.05, 3.63) is 52.8 Å². The third-order valence-corrected chi connectivity index (χ3v) is 4.00. The van der Waals surface area contributed by atoms with E-state index < -0.39 is 23.8 Å². The fourth-order valence-electron chi connectivity index (χ4n) is 2.43. The van der Waals surface area contributed by atoms with Crippen molar-refractivity contribution in [2.24, 2.45) is 0 Å². The lowest BCUT2D eigenvalue weighted by atomic mass is 10.1. The number of halogens is 3. The van der Waals surface area contributed by atoms with E-state index in [-0.39, 0.29) is 12.5 Å². The van der Waals surface area contributed by atoms with E-state index in [2.05, 4.69) is 10.4 Å². The second-order valence-corrected chi connectivity index (χ2v) is 6.27. The average molecular weight is 369 g/mol. The van der Waals surface area contributed by atoms with Gasteiger partial charge in [0.2, 0.25) is 0 Å². The predicted molar refractivity (Wildman–Crippen MR) is 90.7 cm³/mol. The van der Waals surface area contributed by atoms with Gasteiger partial charge in [0.1, 0.15) is 5.69 Å². The van der Waals surface area contributed by atoms with Crippen molar-refractivity contribution in [1.29, 1.82) is 0 Å². The number of alkyl halides is 3. The smallest absolute Gasteiger partial charge is 0.387 e. The van der Waals surface area contributed by atoms with Crippen molar-refractivity contribution >= 4 is 5.91 Å². The summed E-state index contributed by atoms with van der Waals surface area (Å²) in [5.74, 6) is -0.218. The van der Waals surface area contributed by atoms with Crippen LogP contribution < -0.4 is 5.32 Å². The van der Waals surface area contributed by atoms with Gasteiger partial charge in [0, 0.05) is 13.1 Å². The molecular weight excluding hydrogens is 347 g/mol. The second kappa shape index (κ2) is 7.90. The minimum absolute atomic E-state index is 0.115. The summed E-state index contributed by atoms with van der Waals surface area (Å²) in [5, 5.41) is 17.1. The number of aromatic nitrogens is 2. The molecule has 0 radical (unpaired) electrons. The quantitative estimate of drug-likeness (QED) is 0.819. The zero-order chi connectivity index (χ0) is 19.5. The highest BCUT2D eigenvalue weighted by molar-refractivity contribution is 5.92. The Morgan fingerprint density at radius 2 is 1.88 bits per heavy atom. The Hall–Kier alpha value is -2.35. The summed E-state index contributed by atoms with van der Waals surface area (Å²) in [7, 11) is 0. The Kier molecular flexibility index (Phi) is 6.07. The fraction of sp³-hybridized carbons (Fsp3) is 0.444. The lowest BCUT2D eigenvalue weighted by molar-refractivity contribution is -0.137. The third-order valence-electron chi connectivity index (χ3n) is 4.00. The number of carbonyl (C=O) groups excluding carboxylic acids is 1. The Labute approximate surface area is 149 Å². The number of nitrogens with one attached hydrogen (secondary N) is 1. The van der Waals surface area contributed by atoms with E-state index in [0.29, 0.717) is 17.8 Å². The average Bonchev–Trinajstić information content (AvgIpc) is 3.03. The lowest BCUT2D eigenvalue weighted by Gasteiger charge is -2.14. The molecular formula is C18H22F3N3O2. The van der Waals surface area contributed by atoms with Crippen LogP contribution in [0.4, 0.5) is 13.2 Å². The molecule has 2 rings (SSSR count). The van der Waals surface area contributed by atoms with Crippen LogP contribution in [-0.4, -0.2) is 27.3 Å². The van der Waals surface area contributed by atoms with Gasteiger partial charge >= 0.3 is 6.18 Å². The normalized spacial score (nSPS) is 13.1. The van der Waals surface area contributed by atoms with Crippen molar-refractivity contribution in [3.63, 3.8) is 0 Å². The minimum atomic E-state index is -4.43. The van der Waals surface area contributed by atoms with Gasteiger partial charge < -0.3 is 10.4 Å². The van der Waals surface area contributed by atoms with Crippen molar-refractivity contribution in [2.45, 2.75) is 45.5 Å². The summed E-state index contributed by atoms with van der Waals surface area (Å²) in [6.07, 6.45) is -5.53. The minimum Gasteiger partial charge on any atom is -0.387 e. The molecule has 0 aliphatic rings. The third kappa shape index (κ3) is 4.63. The SMILES string of the molecule is CCn1nc(C(C)C)cc1C(=O)NC[C@@H](O)c1ccc(C(F)(F)F)cc1. The van der Waals surface area contributed by atoms with Gasteiger partial charge in [-0.25, -0.2) is 0 Å². The Morgan fingerprint density at radius 3 is 2.38 bits per heavy atom. The highest BCUT2D eigenvalue weighted by Crippen LogP contribution is 2.29. The van der Waals surface area contributed by atoms with Gasteiger partial charge in [-0.3, -0.25) is 9.48 Å². The first-order chi connectivity index (χ1) is 12.1. The van der Waals surface area contributed by atoms with Gasteiger partial charge in [-0.1, -0.05) is 26.0 Å². The van der Waals surface area contributed by atoms with E-state index in [0.717, 1.165) is 17.8 Å². The van der Waals surface area contributed by atoms with Crippen LogP contribution in [0.3, 0.4) is 0 Å². The molecule has 0 bridgehead atoms. The first-order valence-corrected chi connectivity index (χ1v) is 8.34. The zero-order valence-corrected chi connectivity index (χ0v) is 14.8. The molecule has 5 nitrogen and oxygen atoms in total. The summed E-state index contributed by atoms with van der Waals surface area (Å²) in [6, 6.07) is 5.91. The number of carbonyl (C=O) groups is 1. The van der Waals surface area contributed by atoms with Crippen molar-refractivity contribution in [1.82, 2.24) is 15.1 Å². The van der Waals surface area contributed by atoms with Gasteiger partial charge in [0.15, 0.2) is 0 Å². The lowest BCUT2D eigenvalue weighted by Crippen LogP contribution is -2.30. The molecule has 0 spiro atoms. The summed E-state index contributed by atoms with van der Waals surface area (Å²) in [6.45, 7) is 6.22. The first kappa shape index (κ1) is 20.0. The van der Waals surface area contributed by atoms with Crippen LogP contribution in [0, 0.1) is 0 Å². The number of aliphatic hydroxyl groups excluding tert-OH is 1. The maximum atomic E-state index is 12.6. The molecule has 0 unspecified atom stereocenters. The molecule has 0 saturated carbocycles. The summed E-state index contributed by atoms with van der Waals surface area (Å²) >= 11 is 0. The van der Waals surface area contributed by atoms with Gasteiger partial charge in [0.05, 0.1) is 17.4 Å². The molecule has 0 aliphatic heterocycles. The van der Waals surface area contributed by atoms with E-state index >= 15 is 0 Å². The standard InChI is InChI=1S/C18H22F3N3O2/c1-4-24-15(9-14(23-24)11(2)3)17(26)22-10-16(25)12-5-7-13(8-6-12)18(19,20)21/h5-9,11,16,25H,4,10H2,1-3H3,(H,22,26)/t16-/m1/s1. The number of hydrogen-bond donors (Lipinski definition) is 2. The maximum absolute atomic E-state index is 12.6. The topological polar surface area (TPSA) is 67.2 Å². The van der Waals surface area contributed by atoms with Crippen LogP contribution in [0.25, 0.3) is 0 Å². The molecule has 1 heterocycles.